The molecule has 0 bridgehead atoms. The monoisotopic (exact) mass is 407 g/mol. The summed E-state index contributed by atoms with van der Waals surface area (Å²) in [4.78, 5) is 15.6. The van der Waals surface area contributed by atoms with Gasteiger partial charge in [0.2, 0.25) is 5.78 Å². The molecule has 0 atom stereocenters. The molecule has 7 heteroatoms. The number of carbonyl (C=O) groups is 1. The number of ether oxygens (including phenoxy) is 2. The number of thiophene rings is 1. The van der Waals surface area contributed by atoms with Gasteiger partial charge in [0.15, 0.2) is 0 Å². The maximum Gasteiger partial charge on any atom is 0.209 e. The summed E-state index contributed by atoms with van der Waals surface area (Å²) in [5.74, 6) is 0.638. The molecule has 0 amide bonds. The Hall–Kier alpha value is -3.50. The first kappa shape index (κ1) is 20.2. The zero-order valence-corrected chi connectivity index (χ0v) is 17.2. The van der Waals surface area contributed by atoms with Crippen LogP contribution in [0.2, 0.25) is 0 Å². The molecular formula is C22H21N3O3S. The molecule has 0 radical (unpaired) electrons. The molecule has 0 fully saturated rings. The SMILES string of the molecule is CCN(c1ccccc1)c1sc(C(=O)c2cc(OC)ccc2OC)c(N)c1C#N. The highest BCUT2D eigenvalue weighted by Gasteiger charge is 2.27. The van der Waals surface area contributed by atoms with Crippen LogP contribution in [0.4, 0.5) is 16.4 Å². The Morgan fingerprint density at radius 3 is 2.48 bits per heavy atom. The second-order valence-electron chi connectivity index (χ2n) is 6.11. The summed E-state index contributed by atoms with van der Waals surface area (Å²) < 4.78 is 10.6. The van der Waals surface area contributed by atoms with E-state index in [0.717, 1.165) is 5.69 Å². The minimum Gasteiger partial charge on any atom is -0.497 e. The summed E-state index contributed by atoms with van der Waals surface area (Å²) >= 11 is 1.21. The molecule has 2 N–H and O–H groups in total. The molecule has 29 heavy (non-hydrogen) atoms. The minimum absolute atomic E-state index is 0.178. The van der Waals surface area contributed by atoms with Crippen LogP contribution in [0.5, 0.6) is 11.5 Å². The molecule has 3 aromatic rings. The van der Waals surface area contributed by atoms with E-state index >= 15 is 0 Å². The Morgan fingerprint density at radius 2 is 1.90 bits per heavy atom. The first-order chi connectivity index (χ1) is 14.0. The maximum absolute atomic E-state index is 13.3. The number of nitrogen functional groups attached to an aromatic ring is 1. The van der Waals surface area contributed by atoms with Crippen molar-refractivity contribution in [1.82, 2.24) is 0 Å². The molecule has 0 aliphatic heterocycles. The van der Waals surface area contributed by atoms with E-state index in [9.17, 15) is 10.1 Å². The van der Waals surface area contributed by atoms with Crippen LogP contribution in [-0.2, 0) is 0 Å². The molecule has 0 aliphatic carbocycles. The van der Waals surface area contributed by atoms with Crippen molar-refractivity contribution in [3.63, 3.8) is 0 Å². The molecule has 0 unspecified atom stereocenters. The Kier molecular flexibility index (Phi) is 6.05. The second-order valence-corrected chi connectivity index (χ2v) is 7.11. The van der Waals surface area contributed by atoms with Crippen LogP contribution in [0.25, 0.3) is 0 Å². The lowest BCUT2D eigenvalue weighted by Gasteiger charge is -2.21. The molecule has 6 nitrogen and oxygen atoms in total. The number of methoxy groups -OCH3 is 2. The molecule has 0 saturated heterocycles. The van der Waals surface area contributed by atoms with Crippen molar-refractivity contribution in [3.05, 3.63) is 64.5 Å². The molecule has 0 aliphatic rings. The van der Waals surface area contributed by atoms with Gasteiger partial charge in [0.25, 0.3) is 0 Å². The number of carbonyl (C=O) groups excluding carboxylic acids is 1. The van der Waals surface area contributed by atoms with Crippen molar-refractivity contribution in [2.75, 3.05) is 31.4 Å². The smallest absolute Gasteiger partial charge is 0.209 e. The fraction of sp³-hybridized carbons (Fsp3) is 0.182. The van der Waals surface area contributed by atoms with Crippen molar-refractivity contribution in [2.24, 2.45) is 0 Å². The number of nitrogens with zero attached hydrogens (tertiary/aromatic N) is 2. The van der Waals surface area contributed by atoms with E-state index in [1.165, 1.54) is 25.6 Å². The Labute approximate surface area is 173 Å². The molecule has 0 saturated carbocycles. The fourth-order valence-electron chi connectivity index (χ4n) is 3.06. The van der Waals surface area contributed by atoms with E-state index in [0.29, 0.717) is 39.0 Å². The third kappa shape index (κ3) is 3.75. The van der Waals surface area contributed by atoms with Gasteiger partial charge in [-0.2, -0.15) is 5.26 Å². The highest BCUT2D eigenvalue weighted by molar-refractivity contribution is 7.19. The van der Waals surface area contributed by atoms with Crippen molar-refractivity contribution < 1.29 is 14.3 Å². The number of anilines is 3. The van der Waals surface area contributed by atoms with Gasteiger partial charge >= 0.3 is 0 Å². The van der Waals surface area contributed by atoms with Crippen LogP contribution in [0.15, 0.2) is 48.5 Å². The van der Waals surface area contributed by atoms with Crippen molar-refractivity contribution in [1.29, 1.82) is 5.26 Å². The van der Waals surface area contributed by atoms with Crippen LogP contribution >= 0.6 is 11.3 Å². The number of ketones is 1. The van der Waals surface area contributed by atoms with Crippen LogP contribution in [0.3, 0.4) is 0 Å². The van der Waals surface area contributed by atoms with Crippen molar-refractivity contribution in [3.8, 4) is 17.6 Å². The van der Waals surface area contributed by atoms with Gasteiger partial charge in [-0.3, -0.25) is 4.79 Å². The first-order valence-electron chi connectivity index (χ1n) is 8.97. The quantitative estimate of drug-likeness (QED) is 0.576. The van der Waals surface area contributed by atoms with E-state index in [2.05, 4.69) is 6.07 Å². The van der Waals surface area contributed by atoms with Crippen LogP contribution < -0.4 is 20.1 Å². The van der Waals surface area contributed by atoms with Gasteiger partial charge in [0.05, 0.1) is 25.5 Å². The summed E-state index contributed by atoms with van der Waals surface area (Å²) in [6, 6.07) is 16.8. The molecule has 2 aromatic carbocycles. The lowest BCUT2D eigenvalue weighted by atomic mass is 10.1. The topological polar surface area (TPSA) is 88.6 Å². The molecule has 1 heterocycles. The lowest BCUT2D eigenvalue weighted by molar-refractivity contribution is 0.104. The predicted octanol–water partition coefficient (Wildman–Crippen LogP) is 4.61. The average molecular weight is 407 g/mol. The van der Waals surface area contributed by atoms with E-state index in [1.54, 1.807) is 18.2 Å². The summed E-state index contributed by atoms with van der Waals surface area (Å²) in [7, 11) is 3.02. The van der Waals surface area contributed by atoms with Crippen LogP contribution in [-0.4, -0.2) is 26.5 Å². The molecule has 1 aromatic heterocycles. The van der Waals surface area contributed by atoms with Gasteiger partial charge in [-0.15, -0.1) is 11.3 Å². The minimum atomic E-state index is -0.310. The number of nitrogens with two attached hydrogens (primary N) is 1. The molecule has 148 valence electrons. The number of hydrogen-bond acceptors (Lipinski definition) is 7. The zero-order valence-electron chi connectivity index (χ0n) is 16.4. The van der Waals surface area contributed by atoms with Gasteiger partial charge in [-0.05, 0) is 37.3 Å². The third-order valence-corrected chi connectivity index (χ3v) is 5.75. The van der Waals surface area contributed by atoms with E-state index in [1.807, 2.05) is 42.2 Å². The zero-order chi connectivity index (χ0) is 21.0. The third-order valence-electron chi connectivity index (χ3n) is 4.53. The van der Waals surface area contributed by atoms with E-state index < -0.39 is 0 Å². The van der Waals surface area contributed by atoms with Gasteiger partial charge in [-0.25, -0.2) is 0 Å². The highest BCUT2D eigenvalue weighted by atomic mass is 32.1. The van der Waals surface area contributed by atoms with E-state index in [-0.39, 0.29) is 11.5 Å². The standard InChI is InChI=1S/C22H21N3O3S/c1-4-25(14-8-6-5-7-9-14)22-17(13-23)19(24)21(29-22)20(26)16-12-15(27-2)10-11-18(16)28-3/h5-12H,4,24H2,1-3H3. The molecule has 3 rings (SSSR count). The molecule has 0 spiro atoms. The summed E-state index contributed by atoms with van der Waals surface area (Å²) in [6.45, 7) is 2.60. The predicted molar refractivity (Wildman–Crippen MR) is 116 cm³/mol. The summed E-state index contributed by atoms with van der Waals surface area (Å²) in [5, 5.41) is 10.4. The van der Waals surface area contributed by atoms with Gasteiger partial charge < -0.3 is 20.1 Å². The Morgan fingerprint density at radius 1 is 1.17 bits per heavy atom. The van der Waals surface area contributed by atoms with E-state index in [4.69, 9.17) is 15.2 Å². The van der Waals surface area contributed by atoms with Crippen LogP contribution in [0, 0.1) is 11.3 Å². The highest BCUT2D eigenvalue weighted by Crippen LogP contribution is 2.42. The van der Waals surface area contributed by atoms with Crippen LogP contribution in [0.1, 0.15) is 27.7 Å². The number of benzene rings is 2. The van der Waals surface area contributed by atoms with Crippen molar-refractivity contribution in [2.45, 2.75) is 6.92 Å². The Balaban J connectivity index is 2.13. The molecular weight excluding hydrogens is 386 g/mol. The fourth-order valence-corrected chi connectivity index (χ4v) is 4.27. The number of hydrogen-bond donors (Lipinski definition) is 1. The average Bonchev–Trinajstić information content (AvgIpc) is 3.09. The number of rotatable bonds is 7. The second kappa shape index (κ2) is 8.67. The van der Waals surface area contributed by atoms with Gasteiger partial charge in [-0.1, -0.05) is 18.2 Å². The van der Waals surface area contributed by atoms with Gasteiger partial charge in [0, 0.05) is 12.2 Å². The van der Waals surface area contributed by atoms with Gasteiger partial charge in [0.1, 0.15) is 33.0 Å². The first-order valence-corrected chi connectivity index (χ1v) is 9.79. The summed E-state index contributed by atoms with van der Waals surface area (Å²) in [5.41, 5.74) is 7.98. The number of nitriles is 1. The normalized spacial score (nSPS) is 10.3. The largest absolute Gasteiger partial charge is 0.497 e. The van der Waals surface area contributed by atoms with Crippen molar-refractivity contribution >= 4 is 33.5 Å². The maximum atomic E-state index is 13.3. The number of para-hydroxylation sites is 1. The Bertz CT molecular complexity index is 1070. The lowest BCUT2D eigenvalue weighted by Crippen LogP contribution is -2.15. The summed E-state index contributed by atoms with van der Waals surface area (Å²) in [6.07, 6.45) is 0.